The van der Waals surface area contributed by atoms with Crippen molar-refractivity contribution >= 4 is 36.7 Å². The molecule has 1 aliphatic rings. The first-order valence-corrected chi connectivity index (χ1v) is 12.6. The van der Waals surface area contributed by atoms with E-state index in [1.54, 1.807) is 0 Å². The molecule has 135 valence electrons. The average Bonchev–Trinajstić information content (AvgIpc) is 2.48. The molecule has 6 atom stereocenters. The van der Waals surface area contributed by atoms with Gasteiger partial charge in [-0.2, -0.15) is 0 Å². The van der Waals surface area contributed by atoms with Gasteiger partial charge in [0.15, 0.2) is 0 Å². The van der Waals surface area contributed by atoms with Crippen molar-refractivity contribution < 1.29 is 23.8 Å². The Labute approximate surface area is 150 Å². The molecule has 5 nitrogen and oxygen atoms in total. The van der Waals surface area contributed by atoms with Crippen molar-refractivity contribution in [3.8, 4) is 0 Å². The fourth-order valence-corrected chi connectivity index (χ4v) is 4.94. The number of carbonyl (C=O) groups is 1. The molecular weight excluding hydrogens is 341 g/mol. The number of hydrogen-bond donors (Lipinski definition) is 1. The number of rotatable bonds is 7. The Balaban J connectivity index is 3.04. The van der Waals surface area contributed by atoms with Crippen LogP contribution in [0.15, 0.2) is 0 Å². The van der Waals surface area contributed by atoms with Crippen LogP contribution >= 0.6 is 8.46 Å². The first kappa shape index (κ1) is 22.0. The van der Waals surface area contributed by atoms with E-state index < -0.39 is 26.5 Å². The first-order valence-electron chi connectivity index (χ1n) is 8.55. The van der Waals surface area contributed by atoms with Crippen molar-refractivity contribution in [2.24, 2.45) is 5.92 Å². The predicted octanol–water partition coefficient (Wildman–Crippen LogP) is 2.34. The Morgan fingerprint density at radius 2 is 2.00 bits per heavy atom. The molecule has 0 amide bonds. The summed E-state index contributed by atoms with van der Waals surface area (Å²) in [5.74, 6) is -0.361. The van der Waals surface area contributed by atoms with Crippen molar-refractivity contribution in [1.82, 2.24) is 0 Å². The number of esters is 1. The minimum absolute atomic E-state index is 0.0761. The fourth-order valence-electron chi connectivity index (χ4n) is 2.45. The molecule has 0 saturated carbocycles. The third-order valence-electron chi connectivity index (χ3n) is 5.31. The molecule has 0 bridgehead atoms. The van der Waals surface area contributed by atoms with E-state index in [1.165, 1.54) is 6.89 Å². The van der Waals surface area contributed by atoms with Crippen LogP contribution < -0.4 is 0 Å². The van der Waals surface area contributed by atoms with Gasteiger partial charge in [0.1, 0.15) is 0 Å². The van der Waals surface area contributed by atoms with Crippen LogP contribution in [0.1, 0.15) is 41.0 Å². The second-order valence-corrected chi connectivity index (χ2v) is 14.2. The number of hydrogen-bond acceptors (Lipinski definition) is 5. The molecule has 1 heterocycles. The SMILES string of the molecule is CC[C@H](C)C1OC(=O)C(O[Si](C)(C)C(C)(C)C)[C@@H](O)[C@@H]1P[B]B=O. The summed E-state index contributed by atoms with van der Waals surface area (Å²) < 4.78 is 22.6. The van der Waals surface area contributed by atoms with Crippen LogP contribution in [0.5, 0.6) is 0 Å². The van der Waals surface area contributed by atoms with Crippen LogP contribution in [0, 0.1) is 5.92 Å². The van der Waals surface area contributed by atoms with Gasteiger partial charge in [-0.25, -0.2) is 0 Å². The monoisotopic (exact) mass is 371 g/mol. The van der Waals surface area contributed by atoms with Crippen LogP contribution in [0.2, 0.25) is 18.1 Å². The summed E-state index contributed by atoms with van der Waals surface area (Å²) >= 11 is 0. The maximum atomic E-state index is 12.5. The van der Waals surface area contributed by atoms with Gasteiger partial charge in [0.2, 0.25) is 0 Å². The standard InChI is InChI=1S/C15H30B2O5PSi/c1-8-9(2)11-13(23-17-16-20)10(18)12(14(19)21-11)22-24(6,7)15(3,4)5/h9-13,18,23H,8H2,1-7H3/t9-,10+,11?,12?,13-/m0/s1. The minimum atomic E-state index is -2.23. The normalized spacial score (nSPS) is 30.1. The van der Waals surface area contributed by atoms with Crippen LogP contribution in [0.3, 0.4) is 0 Å². The summed E-state index contributed by atoms with van der Waals surface area (Å²) in [5, 5.41) is 10.8. The number of carbonyl (C=O) groups excluding carboxylic acids is 1. The molecule has 3 unspecified atom stereocenters. The van der Waals surface area contributed by atoms with Gasteiger partial charge in [0, 0.05) is 0 Å². The Morgan fingerprint density at radius 3 is 2.46 bits per heavy atom. The van der Waals surface area contributed by atoms with Gasteiger partial charge in [-0.15, -0.1) is 0 Å². The van der Waals surface area contributed by atoms with Crippen molar-refractivity contribution in [3.05, 3.63) is 0 Å². The zero-order valence-corrected chi connectivity index (χ0v) is 17.8. The Hall–Kier alpha value is -0.0332. The molecule has 1 radical (unpaired) electrons. The van der Waals surface area contributed by atoms with Crippen LogP contribution in [-0.2, 0) is 18.7 Å². The summed E-state index contributed by atoms with van der Waals surface area (Å²) in [5.41, 5.74) is -0.294. The van der Waals surface area contributed by atoms with Gasteiger partial charge in [-0.3, -0.25) is 0 Å². The van der Waals surface area contributed by atoms with Crippen molar-refractivity contribution in [2.45, 2.75) is 83.1 Å². The molecule has 1 N–H and O–H groups in total. The predicted molar refractivity (Wildman–Crippen MR) is 102 cm³/mol. The molecule has 0 aliphatic carbocycles. The molecule has 0 spiro atoms. The summed E-state index contributed by atoms with van der Waals surface area (Å²) in [6, 6.07) is 0. The Bertz CT molecular complexity index is 458. The van der Waals surface area contributed by atoms with Crippen LogP contribution in [0.25, 0.3) is 0 Å². The van der Waals surface area contributed by atoms with Crippen LogP contribution in [-0.4, -0.2) is 57.3 Å². The van der Waals surface area contributed by atoms with Gasteiger partial charge in [0.05, 0.1) is 0 Å². The van der Waals surface area contributed by atoms with E-state index >= 15 is 0 Å². The zero-order chi connectivity index (χ0) is 18.7. The van der Waals surface area contributed by atoms with Crippen molar-refractivity contribution in [1.29, 1.82) is 0 Å². The summed E-state index contributed by atoms with van der Waals surface area (Å²) in [6.07, 6.45) is -1.47. The molecule has 1 aliphatic heterocycles. The fraction of sp³-hybridized carbons (Fsp3) is 0.933. The van der Waals surface area contributed by atoms with Crippen molar-refractivity contribution in [2.75, 3.05) is 0 Å². The van der Waals surface area contributed by atoms with Gasteiger partial charge in [0.25, 0.3) is 0 Å². The molecule has 9 heteroatoms. The van der Waals surface area contributed by atoms with E-state index in [0.29, 0.717) is 0 Å². The van der Waals surface area contributed by atoms with E-state index in [4.69, 9.17) is 9.16 Å². The van der Waals surface area contributed by atoms with E-state index in [0.717, 1.165) is 13.5 Å². The van der Waals surface area contributed by atoms with Gasteiger partial charge >= 0.3 is 150 Å². The number of cyclic esters (lactones) is 1. The third-order valence-corrected chi connectivity index (χ3v) is 11.1. The van der Waals surface area contributed by atoms with Gasteiger partial charge in [-0.05, 0) is 0 Å². The summed E-state index contributed by atoms with van der Waals surface area (Å²) in [6.45, 7) is 15.9. The molecule has 1 fully saturated rings. The van der Waals surface area contributed by atoms with E-state index in [2.05, 4.69) is 20.8 Å². The molecule has 1 saturated heterocycles. The average molecular weight is 371 g/mol. The number of aliphatic hydroxyl groups excluding tert-OH is 1. The van der Waals surface area contributed by atoms with E-state index in [-0.39, 0.29) is 31.2 Å². The third kappa shape index (κ3) is 5.00. The maximum absolute atomic E-state index is 12.5. The van der Waals surface area contributed by atoms with Gasteiger partial charge < -0.3 is 0 Å². The molecule has 0 aromatic heterocycles. The summed E-state index contributed by atoms with van der Waals surface area (Å²) in [7, 11) is -1.39. The number of aliphatic hydroxyl groups is 1. The molecule has 1 rings (SSSR count). The molecule has 24 heavy (non-hydrogen) atoms. The summed E-state index contributed by atoms with van der Waals surface area (Å²) in [4.78, 5) is 12.5. The van der Waals surface area contributed by atoms with Crippen LogP contribution in [0.4, 0.5) is 0 Å². The topological polar surface area (TPSA) is 72.8 Å². The molecule has 0 aromatic carbocycles. The second kappa shape index (κ2) is 8.57. The van der Waals surface area contributed by atoms with E-state index in [1.807, 2.05) is 26.9 Å². The van der Waals surface area contributed by atoms with E-state index in [9.17, 15) is 14.6 Å². The first-order chi connectivity index (χ1) is 11.0. The molecular formula is C15H30B2O5PSi. The van der Waals surface area contributed by atoms with Gasteiger partial charge in [-0.1, -0.05) is 0 Å². The quantitative estimate of drug-likeness (QED) is 0.423. The second-order valence-electron chi connectivity index (χ2n) is 8.07. The van der Waals surface area contributed by atoms with Crippen molar-refractivity contribution in [3.63, 3.8) is 0 Å². The Kier molecular flexibility index (Phi) is 7.86. The number of ether oxygens (including phenoxy) is 1. The molecule has 0 aromatic rings. The Morgan fingerprint density at radius 1 is 1.42 bits per heavy atom. The zero-order valence-electron chi connectivity index (χ0n) is 15.8.